The first-order chi connectivity index (χ1) is 15.5. The van der Waals surface area contributed by atoms with E-state index < -0.39 is 5.24 Å². The molecule has 2 aromatic carbocycles. The van der Waals surface area contributed by atoms with E-state index in [9.17, 15) is 4.79 Å². The summed E-state index contributed by atoms with van der Waals surface area (Å²) in [6.07, 6.45) is 2.06. The van der Waals surface area contributed by atoms with Gasteiger partial charge in [-0.3, -0.25) is 4.79 Å². The molecule has 0 aliphatic rings. The quantitative estimate of drug-likeness (QED) is 0.106. The molecule has 0 amide bonds. The second kappa shape index (κ2) is 12.7. The van der Waals surface area contributed by atoms with Gasteiger partial charge >= 0.3 is 0 Å². The minimum absolute atomic E-state index is 0. The Bertz CT molecular complexity index is 1130. The molecule has 34 heavy (non-hydrogen) atoms. The van der Waals surface area contributed by atoms with Crippen molar-refractivity contribution in [2.45, 2.75) is 90.3 Å². The predicted molar refractivity (Wildman–Crippen MR) is 151 cm³/mol. The van der Waals surface area contributed by atoms with E-state index >= 15 is 0 Å². The molecule has 0 aliphatic carbocycles. The van der Waals surface area contributed by atoms with Crippen molar-refractivity contribution < 1.29 is 24.3 Å². The van der Waals surface area contributed by atoms with Gasteiger partial charge in [0.25, 0.3) is 5.24 Å². The molecule has 0 N–H and O–H groups in total. The van der Waals surface area contributed by atoms with Gasteiger partial charge in [-0.15, -0.1) is 0 Å². The van der Waals surface area contributed by atoms with Crippen molar-refractivity contribution in [1.82, 2.24) is 4.98 Å². The molecule has 0 unspecified atom stereocenters. The minimum atomic E-state index is -0.398. The van der Waals surface area contributed by atoms with Gasteiger partial charge < -0.3 is 0 Å². The van der Waals surface area contributed by atoms with Gasteiger partial charge in [0.05, 0.1) is 11.0 Å². The van der Waals surface area contributed by atoms with E-state index in [-0.39, 0.29) is 35.3 Å². The van der Waals surface area contributed by atoms with Crippen LogP contribution in [0.5, 0.6) is 0 Å². The summed E-state index contributed by atoms with van der Waals surface area (Å²) in [6.45, 7) is 18.6. The third kappa shape index (κ3) is 6.85. The average molecular weight is 603 g/mol. The number of carbonyl (C=O) groups is 1. The maximum absolute atomic E-state index is 12.1. The van der Waals surface area contributed by atoms with Crippen LogP contribution in [0.2, 0.25) is 0 Å². The number of rotatable bonds is 9. The van der Waals surface area contributed by atoms with Crippen LogP contribution in [0.15, 0.2) is 36.4 Å². The molecule has 2 nitrogen and oxygen atoms in total. The molecule has 0 fully saturated rings. The number of halogens is 1. The number of pyridine rings is 1. The van der Waals surface area contributed by atoms with Crippen molar-refractivity contribution in [2.75, 3.05) is 0 Å². The maximum Gasteiger partial charge on any atom is 0.252 e. The second-order valence-electron chi connectivity index (χ2n) is 10.2. The summed E-state index contributed by atoms with van der Waals surface area (Å²) in [4.78, 5) is 17.4. The average Bonchev–Trinajstić information content (AvgIpc) is 2.72. The number of hydrogen-bond donors (Lipinski definition) is 0. The second-order valence-corrected chi connectivity index (χ2v) is 17.3. The minimum Gasteiger partial charge on any atom is -0.276 e. The van der Waals surface area contributed by atoms with E-state index in [0.717, 1.165) is 39.7 Å². The SMILES string of the molecule is CC(C)P(Cc1cccc2cc3cc(C(=O)Cl)cc(CP(C(C)C)C(C)C)c3nc12)C(C)C.[Ru]. The molecule has 0 bridgehead atoms. The molecule has 6 heteroatoms. The predicted octanol–water partition coefficient (Wildman–Crippen LogP) is 9.36. The summed E-state index contributed by atoms with van der Waals surface area (Å²) in [5.41, 5.74) is 7.82. The van der Waals surface area contributed by atoms with Crippen LogP contribution in [0.25, 0.3) is 21.8 Å². The number of fused-ring (bicyclic) bond motifs is 2. The van der Waals surface area contributed by atoms with Crippen LogP contribution < -0.4 is 0 Å². The number of carbonyl (C=O) groups excluding carboxylic acids is 1. The van der Waals surface area contributed by atoms with Crippen molar-refractivity contribution in [3.05, 3.63) is 53.1 Å². The van der Waals surface area contributed by atoms with Gasteiger partial charge in [0.1, 0.15) is 0 Å². The molecule has 0 radical (unpaired) electrons. The number of nitrogens with zero attached hydrogens (tertiary/aromatic N) is 1. The number of benzene rings is 2. The van der Waals surface area contributed by atoms with Crippen molar-refractivity contribution in [3.8, 4) is 0 Å². The molecule has 3 rings (SSSR count). The zero-order valence-corrected chi connectivity index (χ0v) is 26.0. The third-order valence-electron chi connectivity index (χ3n) is 6.49. The van der Waals surface area contributed by atoms with Crippen LogP contribution in [0, 0.1) is 0 Å². The number of aromatic nitrogens is 1. The van der Waals surface area contributed by atoms with Crippen molar-refractivity contribution in [3.63, 3.8) is 0 Å². The van der Waals surface area contributed by atoms with Gasteiger partial charge in [0, 0.05) is 35.8 Å². The van der Waals surface area contributed by atoms with Crippen molar-refractivity contribution in [2.24, 2.45) is 0 Å². The van der Waals surface area contributed by atoms with Crippen LogP contribution in [0.1, 0.15) is 76.9 Å². The van der Waals surface area contributed by atoms with Crippen LogP contribution in [-0.4, -0.2) is 32.9 Å². The summed E-state index contributed by atoms with van der Waals surface area (Å²) in [5.74, 6) is 0. The number of hydrogen-bond acceptors (Lipinski definition) is 2. The standard InChI is InChI=1S/C28H38ClNOP2.Ru/c1-17(2)32(18(3)4)15-22-11-9-10-21-12-23-13-24(28(29)31)14-25(27(23)30-26(21)22)16-33(19(5)6)20(7)8;/h9-14,17-20H,15-16H2,1-8H3;. The van der Waals surface area contributed by atoms with Crippen LogP contribution in [0.4, 0.5) is 0 Å². The summed E-state index contributed by atoms with van der Waals surface area (Å²) in [6, 6.07) is 12.7. The Labute approximate surface area is 226 Å². The molecule has 0 spiro atoms. The first-order valence-corrected chi connectivity index (χ1v) is 15.8. The molecule has 0 saturated carbocycles. The van der Waals surface area contributed by atoms with Gasteiger partial charge in [-0.1, -0.05) is 89.4 Å². The maximum atomic E-state index is 12.1. The van der Waals surface area contributed by atoms with E-state index in [1.807, 2.05) is 12.1 Å². The van der Waals surface area contributed by atoms with Crippen molar-refractivity contribution in [1.29, 1.82) is 0 Å². The van der Waals surface area contributed by atoms with Crippen LogP contribution in [0.3, 0.4) is 0 Å². The molecule has 186 valence electrons. The van der Waals surface area contributed by atoms with E-state index in [1.54, 1.807) is 0 Å². The Kier molecular flexibility index (Phi) is 11.1. The largest absolute Gasteiger partial charge is 0.276 e. The molecule has 0 saturated heterocycles. The topological polar surface area (TPSA) is 30.0 Å². The normalized spacial score (nSPS) is 12.2. The molecule has 1 aromatic heterocycles. The summed E-state index contributed by atoms with van der Waals surface area (Å²) in [5, 5.41) is 1.76. The third-order valence-corrected chi connectivity index (χ3v) is 13.4. The Hall–Kier alpha value is -0.447. The summed E-state index contributed by atoms with van der Waals surface area (Å²) in [7, 11) is -0.356. The Balaban J connectivity index is 0.00000408. The molecule has 3 aromatic rings. The van der Waals surface area contributed by atoms with E-state index in [1.165, 1.54) is 5.56 Å². The molecule has 1 heterocycles. The first-order valence-electron chi connectivity index (χ1n) is 12.1. The van der Waals surface area contributed by atoms with E-state index in [4.69, 9.17) is 16.6 Å². The smallest absolute Gasteiger partial charge is 0.252 e. The molecular weight excluding hydrogens is 565 g/mol. The van der Waals surface area contributed by atoms with Gasteiger partial charge in [0.2, 0.25) is 0 Å². The molecular formula is C28H38ClNOP2Ru. The fourth-order valence-corrected chi connectivity index (χ4v) is 10.0. The van der Waals surface area contributed by atoms with Gasteiger partial charge in [-0.25, -0.2) is 4.98 Å². The van der Waals surface area contributed by atoms with Gasteiger partial charge in [0.15, 0.2) is 0 Å². The monoisotopic (exact) mass is 603 g/mol. The van der Waals surface area contributed by atoms with Gasteiger partial charge in [-0.2, -0.15) is 0 Å². The van der Waals surface area contributed by atoms with E-state index in [2.05, 4.69) is 79.7 Å². The van der Waals surface area contributed by atoms with Crippen LogP contribution in [-0.2, 0) is 31.8 Å². The van der Waals surface area contributed by atoms with Crippen molar-refractivity contribution >= 4 is 54.5 Å². The zero-order valence-electron chi connectivity index (χ0n) is 21.7. The fraction of sp³-hybridized carbons (Fsp3) is 0.500. The Morgan fingerprint density at radius 1 is 0.765 bits per heavy atom. The van der Waals surface area contributed by atoms with Gasteiger partial charge in [-0.05, 0) is 75.9 Å². The summed E-state index contributed by atoms with van der Waals surface area (Å²) >= 11 is 5.95. The zero-order chi connectivity index (χ0) is 24.4. The molecule has 0 aliphatic heterocycles. The summed E-state index contributed by atoms with van der Waals surface area (Å²) < 4.78 is 0. The molecule has 0 atom stereocenters. The Morgan fingerprint density at radius 3 is 1.76 bits per heavy atom. The Morgan fingerprint density at radius 2 is 1.26 bits per heavy atom. The van der Waals surface area contributed by atoms with E-state index in [0.29, 0.717) is 28.2 Å². The van der Waals surface area contributed by atoms with Crippen LogP contribution >= 0.6 is 27.4 Å². The fourth-order valence-electron chi connectivity index (χ4n) is 4.79. The number of para-hydroxylation sites is 1. The first kappa shape index (κ1) is 29.8.